The molecule has 0 aliphatic rings. The molecule has 16 heavy (non-hydrogen) atoms. The molecular weight excluding hydrogens is 241 g/mol. The molecule has 90 valence electrons. The van der Waals surface area contributed by atoms with Gasteiger partial charge in [-0.15, -0.1) is 0 Å². The van der Waals surface area contributed by atoms with Gasteiger partial charge in [0.2, 0.25) is 0 Å². The molecule has 1 aromatic rings. The smallest absolute Gasteiger partial charge is 0.385 e. The second kappa shape index (κ2) is 5.41. The molecule has 3 N–H and O–H groups in total. The van der Waals surface area contributed by atoms with Gasteiger partial charge in [-0.25, -0.2) is 0 Å². The minimum Gasteiger partial charge on any atom is -0.385 e. The lowest BCUT2D eigenvalue weighted by Crippen LogP contribution is -2.13. The maximum absolute atomic E-state index is 12.6. The van der Waals surface area contributed by atoms with E-state index in [9.17, 15) is 13.2 Å². The summed E-state index contributed by atoms with van der Waals surface area (Å²) in [5.41, 5.74) is 4.54. The van der Waals surface area contributed by atoms with E-state index in [1.165, 1.54) is 12.1 Å². The van der Waals surface area contributed by atoms with Gasteiger partial charge in [-0.3, -0.25) is 0 Å². The number of halogens is 4. The van der Waals surface area contributed by atoms with Crippen LogP contribution in [0.4, 0.5) is 18.9 Å². The first-order valence-electron chi connectivity index (χ1n) is 4.76. The van der Waals surface area contributed by atoms with E-state index in [1.54, 1.807) is 0 Å². The number of anilines is 1. The highest BCUT2D eigenvalue weighted by atomic mass is 35.5. The zero-order valence-corrected chi connectivity index (χ0v) is 9.20. The molecule has 0 aliphatic heterocycles. The summed E-state index contributed by atoms with van der Waals surface area (Å²) in [7, 11) is 0. The van der Waals surface area contributed by atoms with Crippen LogP contribution >= 0.6 is 11.6 Å². The van der Waals surface area contributed by atoms with E-state index in [0.29, 0.717) is 19.5 Å². The number of rotatable bonds is 4. The molecule has 1 aromatic carbocycles. The van der Waals surface area contributed by atoms with Gasteiger partial charge in [-0.1, -0.05) is 11.6 Å². The summed E-state index contributed by atoms with van der Waals surface area (Å²) < 4.78 is 37.8. The van der Waals surface area contributed by atoms with Gasteiger partial charge < -0.3 is 11.1 Å². The Morgan fingerprint density at radius 1 is 1.31 bits per heavy atom. The third kappa shape index (κ3) is 3.57. The van der Waals surface area contributed by atoms with Crippen molar-refractivity contribution in [3.63, 3.8) is 0 Å². The van der Waals surface area contributed by atoms with Crippen LogP contribution in [0.1, 0.15) is 12.0 Å². The minimum atomic E-state index is -4.41. The van der Waals surface area contributed by atoms with E-state index in [0.717, 1.165) is 6.07 Å². The van der Waals surface area contributed by atoms with Crippen molar-refractivity contribution in [2.45, 2.75) is 12.6 Å². The number of hydrogen-bond acceptors (Lipinski definition) is 2. The van der Waals surface area contributed by atoms with Gasteiger partial charge >= 0.3 is 6.18 Å². The topological polar surface area (TPSA) is 38.0 Å². The molecule has 0 bridgehead atoms. The Labute approximate surface area is 96.6 Å². The fraction of sp³-hybridized carbons (Fsp3) is 0.400. The average Bonchev–Trinajstić information content (AvgIpc) is 2.19. The van der Waals surface area contributed by atoms with Gasteiger partial charge in [0.25, 0.3) is 0 Å². The first-order chi connectivity index (χ1) is 7.45. The van der Waals surface area contributed by atoms with Crippen LogP contribution in [0.3, 0.4) is 0 Å². The number of alkyl halides is 3. The molecule has 0 aliphatic carbocycles. The summed E-state index contributed by atoms with van der Waals surface area (Å²) >= 11 is 5.54. The summed E-state index contributed by atoms with van der Waals surface area (Å²) in [5, 5.41) is 2.76. The van der Waals surface area contributed by atoms with E-state index in [4.69, 9.17) is 17.3 Å². The Morgan fingerprint density at radius 2 is 2.00 bits per heavy atom. The van der Waals surface area contributed by atoms with Crippen molar-refractivity contribution in [1.29, 1.82) is 0 Å². The maximum atomic E-state index is 12.6. The molecule has 0 unspecified atom stereocenters. The normalized spacial score (nSPS) is 11.6. The van der Waals surface area contributed by atoms with E-state index in [1.807, 2.05) is 0 Å². The molecule has 0 radical (unpaired) electrons. The second-order valence-electron chi connectivity index (χ2n) is 3.26. The third-order valence-corrected chi connectivity index (χ3v) is 2.22. The third-order valence-electron chi connectivity index (χ3n) is 1.98. The van der Waals surface area contributed by atoms with Crippen LogP contribution in [0.2, 0.25) is 5.02 Å². The molecule has 0 amide bonds. The first-order valence-corrected chi connectivity index (χ1v) is 5.13. The van der Waals surface area contributed by atoms with Crippen molar-refractivity contribution in [2.24, 2.45) is 5.73 Å². The lowest BCUT2D eigenvalue weighted by molar-refractivity contribution is -0.136. The maximum Gasteiger partial charge on any atom is 0.418 e. The fourth-order valence-electron chi connectivity index (χ4n) is 1.23. The minimum absolute atomic E-state index is 0.0327. The average molecular weight is 253 g/mol. The van der Waals surface area contributed by atoms with E-state index in [2.05, 4.69) is 5.32 Å². The molecule has 0 spiro atoms. The van der Waals surface area contributed by atoms with Crippen LogP contribution in [0, 0.1) is 0 Å². The molecule has 0 atom stereocenters. The Kier molecular flexibility index (Phi) is 4.44. The van der Waals surface area contributed by atoms with Crippen LogP contribution in [0.15, 0.2) is 18.2 Å². The number of nitrogens with one attached hydrogen (secondary N) is 1. The fourth-order valence-corrected chi connectivity index (χ4v) is 1.40. The summed E-state index contributed by atoms with van der Waals surface area (Å²) in [5.74, 6) is 0. The SMILES string of the molecule is NCCCNc1ccc(Cl)cc1C(F)(F)F. The molecule has 2 nitrogen and oxygen atoms in total. The number of benzene rings is 1. The summed E-state index contributed by atoms with van der Waals surface area (Å²) in [4.78, 5) is 0. The molecule has 0 fully saturated rings. The van der Waals surface area contributed by atoms with Gasteiger partial charge in [-0.2, -0.15) is 13.2 Å². The van der Waals surface area contributed by atoms with Crippen LogP contribution in [0.25, 0.3) is 0 Å². The van der Waals surface area contributed by atoms with Gasteiger partial charge in [-0.05, 0) is 31.2 Å². The molecular formula is C10H12ClF3N2. The number of nitrogens with two attached hydrogens (primary N) is 1. The highest BCUT2D eigenvalue weighted by Gasteiger charge is 2.33. The molecule has 0 heterocycles. The van der Waals surface area contributed by atoms with Crippen molar-refractivity contribution >= 4 is 17.3 Å². The van der Waals surface area contributed by atoms with Crippen LogP contribution < -0.4 is 11.1 Å². The molecule has 6 heteroatoms. The number of hydrogen-bond donors (Lipinski definition) is 2. The van der Waals surface area contributed by atoms with Crippen LogP contribution in [-0.2, 0) is 6.18 Å². The Balaban J connectivity index is 2.90. The Morgan fingerprint density at radius 3 is 2.56 bits per heavy atom. The van der Waals surface area contributed by atoms with Crippen LogP contribution in [-0.4, -0.2) is 13.1 Å². The van der Waals surface area contributed by atoms with Crippen molar-refractivity contribution in [2.75, 3.05) is 18.4 Å². The summed E-state index contributed by atoms with van der Waals surface area (Å²) in [6.07, 6.45) is -3.80. The van der Waals surface area contributed by atoms with Crippen molar-refractivity contribution in [3.8, 4) is 0 Å². The zero-order chi connectivity index (χ0) is 12.2. The lowest BCUT2D eigenvalue weighted by atomic mass is 10.1. The largest absolute Gasteiger partial charge is 0.418 e. The Bertz CT molecular complexity index is 352. The predicted molar refractivity (Wildman–Crippen MR) is 58.6 cm³/mol. The molecule has 0 saturated carbocycles. The van der Waals surface area contributed by atoms with Crippen molar-refractivity contribution in [1.82, 2.24) is 0 Å². The van der Waals surface area contributed by atoms with Gasteiger partial charge in [0, 0.05) is 17.3 Å². The highest BCUT2D eigenvalue weighted by Crippen LogP contribution is 2.36. The van der Waals surface area contributed by atoms with E-state index in [-0.39, 0.29) is 10.7 Å². The van der Waals surface area contributed by atoms with Crippen molar-refractivity contribution < 1.29 is 13.2 Å². The molecule has 0 saturated heterocycles. The van der Waals surface area contributed by atoms with E-state index >= 15 is 0 Å². The summed E-state index contributed by atoms with van der Waals surface area (Å²) in [6, 6.07) is 3.65. The first kappa shape index (κ1) is 13.1. The monoisotopic (exact) mass is 252 g/mol. The van der Waals surface area contributed by atoms with Gasteiger partial charge in [0.05, 0.1) is 5.56 Å². The predicted octanol–water partition coefficient (Wildman–Crippen LogP) is 3.12. The van der Waals surface area contributed by atoms with Crippen molar-refractivity contribution in [3.05, 3.63) is 28.8 Å². The van der Waals surface area contributed by atoms with E-state index < -0.39 is 11.7 Å². The Hall–Kier alpha value is -0.940. The molecule has 1 rings (SSSR count). The summed E-state index contributed by atoms with van der Waals surface area (Å²) in [6.45, 7) is 0.836. The quantitative estimate of drug-likeness (QED) is 0.808. The lowest BCUT2D eigenvalue weighted by Gasteiger charge is -2.14. The highest BCUT2D eigenvalue weighted by molar-refractivity contribution is 6.30. The standard InChI is InChI=1S/C10H12ClF3N2/c11-7-2-3-9(16-5-1-4-15)8(6-7)10(12,13)14/h2-3,6,16H,1,4-5,15H2. The zero-order valence-electron chi connectivity index (χ0n) is 8.44. The molecule has 0 aromatic heterocycles. The van der Waals surface area contributed by atoms with Crippen LogP contribution in [0.5, 0.6) is 0 Å². The second-order valence-corrected chi connectivity index (χ2v) is 3.69. The van der Waals surface area contributed by atoms with Gasteiger partial charge in [0.1, 0.15) is 0 Å². The van der Waals surface area contributed by atoms with Gasteiger partial charge in [0.15, 0.2) is 0 Å².